The average molecular weight is 360 g/mol. The average Bonchev–Trinajstić information content (AvgIpc) is 3.12. The minimum atomic E-state index is -0.188. The van der Waals surface area contributed by atoms with Crippen LogP contribution in [0.4, 0.5) is 5.69 Å². The first-order valence-electron chi connectivity index (χ1n) is 8.22. The van der Waals surface area contributed by atoms with Gasteiger partial charge in [0.05, 0.1) is 10.2 Å². The Morgan fingerprint density at radius 2 is 1.65 bits per heavy atom. The summed E-state index contributed by atoms with van der Waals surface area (Å²) in [5.41, 5.74) is 2.80. The van der Waals surface area contributed by atoms with Gasteiger partial charge in [-0.1, -0.05) is 30.3 Å². The molecule has 5 heteroatoms. The zero-order valence-corrected chi connectivity index (χ0v) is 14.7. The van der Waals surface area contributed by atoms with E-state index in [4.69, 9.17) is 4.74 Å². The van der Waals surface area contributed by atoms with E-state index in [1.54, 1.807) is 11.3 Å². The summed E-state index contributed by atoms with van der Waals surface area (Å²) in [6.07, 6.45) is 0. The molecule has 0 aliphatic carbocycles. The van der Waals surface area contributed by atoms with E-state index in [2.05, 4.69) is 16.4 Å². The fraction of sp³-hybridized carbons (Fsp3) is 0.0476. The molecule has 1 aromatic heterocycles. The molecule has 0 unspecified atom stereocenters. The highest BCUT2D eigenvalue weighted by Crippen LogP contribution is 2.30. The Bertz CT molecular complexity index is 994. The van der Waals surface area contributed by atoms with E-state index in [0.717, 1.165) is 21.8 Å². The fourth-order valence-electron chi connectivity index (χ4n) is 2.56. The van der Waals surface area contributed by atoms with E-state index < -0.39 is 0 Å². The van der Waals surface area contributed by atoms with Crippen LogP contribution < -0.4 is 10.1 Å². The molecule has 26 heavy (non-hydrogen) atoms. The third-order valence-electron chi connectivity index (χ3n) is 3.82. The van der Waals surface area contributed by atoms with Crippen LogP contribution in [0.1, 0.15) is 0 Å². The van der Waals surface area contributed by atoms with Crippen molar-refractivity contribution < 1.29 is 9.53 Å². The lowest BCUT2D eigenvalue weighted by atomic mass is 10.2. The summed E-state index contributed by atoms with van der Waals surface area (Å²) >= 11 is 1.66. The number of amides is 1. The molecule has 1 N–H and O–H groups in total. The number of nitrogens with one attached hydrogen (secondary N) is 1. The number of nitrogens with zero attached hydrogens (tertiary/aromatic N) is 1. The zero-order chi connectivity index (χ0) is 17.8. The van der Waals surface area contributed by atoms with E-state index in [-0.39, 0.29) is 12.5 Å². The van der Waals surface area contributed by atoms with Gasteiger partial charge in [0.1, 0.15) is 10.8 Å². The highest BCUT2D eigenvalue weighted by molar-refractivity contribution is 7.21. The van der Waals surface area contributed by atoms with E-state index in [1.165, 1.54) is 4.70 Å². The van der Waals surface area contributed by atoms with Gasteiger partial charge in [0.15, 0.2) is 6.61 Å². The normalized spacial score (nSPS) is 10.6. The molecule has 1 heterocycles. The molecule has 0 saturated heterocycles. The first-order chi connectivity index (χ1) is 12.8. The van der Waals surface area contributed by atoms with Gasteiger partial charge >= 0.3 is 0 Å². The maximum Gasteiger partial charge on any atom is 0.262 e. The molecule has 0 fully saturated rings. The molecule has 4 nitrogen and oxygen atoms in total. The van der Waals surface area contributed by atoms with E-state index in [0.29, 0.717) is 5.75 Å². The van der Waals surface area contributed by atoms with E-state index in [9.17, 15) is 4.79 Å². The van der Waals surface area contributed by atoms with Crippen LogP contribution in [0.5, 0.6) is 5.75 Å². The smallest absolute Gasteiger partial charge is 0.262 e. The molecular formula is C21H16N2O2S. The number of aromatic nitrogens is 1. The van der Waals surface area contributed by atoms with Crippen LogP contribution in [0.3, 0.4) is 0 Å². The minimum Gasteiger partial charge on any atom is -0.484 e. The van der Waals surface area contributed by atoms with E-state index >= 15 is 0 Å². The molecule has 0 radical (unpaired) electrons. The molecule has 0 atom stereocenters. The largest absolute Gasteiger partial charge is 0.484 e. The molecule has 4 aromatic rings. The standard InChI is InChI=1S/C21H16N2O2S/c24-20(22-16-6-2-1-3-7-16)14-25-17-12-10-15(11-13-17)21-23-18-8-4-5-9-19(18)26-21/h1-13H,14H2,(H,22,24). The Hall–Kier alpha value is -3.18. The third kappa shape index (κ3) is 3.73. The van der Waals surface area contributed by atoms with Gasteiger partial charge in [-0.25, -0.2) is 4.98 Å². The predicted molar refractivity (Wildman–Crippen MR) is 106 cm³/mol. The second-order valence-corrected chi connectivity index (χ2v) is 6.74. The van der Waals surface area contributed by atoms with Crippen molar-refractivity contribution in [3.8, 4) is 16.3 Å². The van der Waals surface area contributed by atoms with Crippen LogP contribution in [-0.4, -0.2) is 17.5 Å². The molecule has 3 aromatic carbocycles. The van der Waals surface area contributed by atoms with Crippen molar-refractivity contribution in [1.29, 1.82) is 0 Å². The molecule has 4 rings (SSSR count). The fourth-order valence-corrected chi connectivity index (χ4v) is 3.53. The number of thiazole rings is 1. The summed E-state index contributed by atoms with van der Waals surface area (Å²) in [6, 6.07) is 25.0. The maximum atomic E-state index is 11.9. The summed E-state index contributed by atoms with van der Waals surface area (Å²) in [7, 11) is 0. The number of hydrogen-bond acceptors (Lipinski definition) is 4. The summed E-state index contributed by atoms with van der Waals surface area (Å²) < 4.78 is 6.73. The molecule has 0 aliphatic heterocycles. The Morgan fingerprint density at radius 1 is 0.923 bits per heavy atom. The van der Waals surface area contributed by atoms with Gasteiger partial charge in [0, 0.05) is 11.3 Å². The lowest BCUT2D eigenvalue weighted by Gasteiger charge is -2.07. The number of anilines is 1. The topological polar surface area (TPSA) is 51.2 Å². The SMILES string of the molecule is O=C(COc1ccc(-c2nc3ccccc3s2)cc1)Nc1ccccc1. The number of hydrogen-bond donors (Lipinski definition) is 1. The van der Waals surface area contributed by atoms with Gasteiger partial charge in [-0.05, 0) is 48.5 Å². The Labute approximate surface area is 155 Å². The molecular weight excluding hydrogens is 344 g/mol. The van der Waals surface area contributed by atoms with Gasteiger partial charge in [-0.15, -0.1) is 11.3 Å². The number of carbonyl (C=O) groups excluding carboxylic acids is 1. The van der Waals surface area contributed by atoms with Crippen molar-refractivity contribution >= 4 is 33.1 Å². The number of ether oxygens (including phenoxy) is 1. The van der Waals surface area contributed by atoms with Crippen molar-refractivity contribution in [2.45, 2.75) is 0 Å². The number of fused-ring (bicyclic) bond motifs is 1. The van der Waals surface area contributed by atoms with Crippen molar-refractivity contribution in [2.75, 3.05) is 11.9 Å². The lowest BCUT2D eigenvalue weighted by Crippen LogP contribution is -2.20. The Morgan fingerprint density at radius 3 is 2.42 bits per heavy atom. The minimum absolute atomic E-state index is 0.0324. The second-order valence-electron chi connectivity index (χ2n) is 5.71. The lowest BCUT2D eigenvalue weighted by molar-refractivity contribution is -0.118. The van der Waals surface area contributed by atoms with Gasteiger partial charge in [0.25, 0.3) is 5.91 Å². The van der Waals surface area contributed by atoms with Gasteiger partial charge < -0.3 is 10.1 Å². The van der Waals surface area contributed by atoms with Crippen molar-refractivity contribution in [3.63, 3.8) is 0 Å². The van der Waals surface area contributed by atoms with Crippen LogP contribution in [0.25, 0.3) is 20.8 Å². The molecule has 0 bridgehead atoms. The van der Waals surface area contributed by atoms with Crippen molar-refractivity contribution in [1.82, 2.24) is 4.98 Å². The molecule has 0 spiro atoms. The highest BCUT2D eigenvalue weighted by Gasteiger charge is 2.07. The van der Waals surface area contributed by atoms with Crippen LogP contribution in [0.15, 0.2) is 78.9 Å². The predicted octanol–water partition coefficient (Wildman–Crippen LogP) is 4.98. The van der Waals surface area contributed by atoms with Crippen LogP contribution in [-0.2, 0) is 4.79 Å². The van der Waals surface area contributed by atoms with Crippen LogP contribution in [0, 0.1) is 0 Å². The first-order valence-corrected chi connectivity index (χ1v) is 9.03. The van der Waals surface area contributed by atoms with E-state index in [1.807, 2.05) is 72.8 Å². The Kier molecular flexibility index (Phi) is 4.62. The quantitative estimate of drug-likeness (QED) is 0.546. The van der Waals surface area contributed by atoms with Gasteiger partial charge in [-0.2, -0.15) is 0 Å². The third-order valence-corrected chi connectivity index (χ3v) is 4.91. The number of para-hydroxylation sites is 2. The number of benzene rings is 3. The summed E-state index contributed by atoms with van der Waals surface area (Å²) in [5.74, 6) is 0.463. The van der Waals surface area contributed by atoms with Crippen molar-refractivity contribution in [3.05, 3.63) is 78.9 Å². The van der Waals surface area contributed by atoms with Gasteiger partial charge in [-0.3, -0.25) is 4.79 Å². The first kappa shape index (κ1) is 16.3. The monoisotopic (exact) mass is 360 g/mol. The highest BCUT2D eigenvalue weighted by atomic mass is 32.1. The maximum absolute atomic E-state index is 11.9. The number of carbonyl (C=O) groups is 1. The Balaban J connectivity index is 1.39. The van der Waals surface area contributed by atoms with Crippen LogP contribution >= 0.6 is 11.3 Å². The van der Waals surface area contributed by atoms with Crippen molar-refractivity contribution in [2.24, 2.45) is 0 Å². The van der Waals surface area contributed by atoms with Crippen LogP contribution in [0.2, 0.25) is 0 Å². The zero-order valence-electron chi connectivity index (χ0n) is 13.9. The summed E-state index contributed by atoms with van der Waals surface area (Å²) in [4.78, 5) is 16.6. The number of rotatable bonds is 5. The second kappa shape index (κ2) is 7.37. The van der Waals surface area contributed by atoms with Gasteiger partial charge in [0.2, 0.25) is 0 Å². The molecule has 0 saturated carbocycles. The molecule has 128 valence electrons. The molecule has 1 amide bonds. The molecule has 0 aliphatic rings. The summed E-state index contributed by atoms with van der Waals surface area (Å²) in [6.45, 7) is -0.0324. The summed E-state index contributed by atoms with van der Waals surface area (Å²) in [5, 5.41) is 3.76.